The lowest BCUT2D eigenvalue weighted by molar-refractivity contribution is 0.397. The highest BCUT2D eigenvalue weighted by Gasteiger charge is 2.38. The van der Waals surface area contributed by atoms with Gasteiger partial charge in [0.05, 0.1) is 0 Å². The summed E-state index contributed by atoms with van der Waals surface area (Å²) >= 11 is 0. The number of fused-ring (bicyclic) bond motifs is 2. The standard InChI is InChI=1S/C25H21O/c1-17-10-13-24(26-17)25(2)15-21-8-5-9-22(23(21)16-25)20-12-11-18-6-3-4-7-19(18)14-20/h3-15H,16H2,1-2H3. The Morgan fingerprint density at radius 2 is 1.69 bits per heavy atom. The van der Waals surface area contributed by atoms with Crippen LogP contribution in [0.1, 0.15) is 29.6 Å². The largest absolute Gasteiger partial charge is 0.466 e. The topological polar surface area (TPSA) is 13.1 Å². The molecule has 0 spiro atoms. The molecule has 1 aliphatic carbocycles. The van der Waals surface area contributed by atoms with Gasteiger partial charge in [-0.1, -0.05) is 61.5 Å². The van der Waals surface area contributed by atoms with Crippen molar-refractivity contribution in [1.82, 2.24) is 0 Å². The Bertz CT molecular complexity index is 1120. The molecule has 1 unspecified atom stereocenters. The van der Waals surface area contributed by atoms with Crippen LogP contribution in [0.4, 0.5) is 0 Å². The number of furan rings is 1. The molecule has 0 saturated carbocycles. The van der Waals surface area contributed by atoms with E-state index in [4.69, 9.17) is 4.42 Å². The summed E-state index contributed by atoms with van der Waals surface area (Å²) in [5, 5.41) is 2.57. The zero-order chi connectivity index (χ0) is 17.7. The molecule has 1 radical (unpaired) electrons. The minimum Gasteiger partial charge on any atom is -0.466 e. The van der Waals surface area contributed by atoms with E-state index < -0.39 is 0 Å². The third-order valence-corrected chi connectivity index (χ3v) is 5.59. The maximum atomic E-state index is 5.97. The maximum absolute atomic E-state index is 5.97. The van der Waals surface area contributed by atoms with Crippen LogP contribution < -0.4 is 0 Å². The van der Waals surface area contributed by atoms with Crippen molar-refractivity contribution in [2.45, 2.75) is 25.7 Å². The summed E-state index contributed by atoms with van der Waals surface area (Å²) in [5.41, 5.74) is 5.28. The Morgan fingerprint density at radius 3 is 2.50 bits per heavy atom. The number of benzene rings is 3. The van der Waals surface area contributed by atoms with Gasteiger partial charge in [0.15, 0.2) is 0 Å². The Balaban J connectivity index is 1.61. The van der Waals surface area contributed by atoms with Crippen LogP contribution in [0, 0.1) is 13.3 Å². The molecule has 1 atom stereocenters. The molecule has 4 aromatic rings. The molecule has 1 heteroatoms. The molecule has 0 saturated heterocycles. The van der Waals surface area contributed by atoms with Crippen molar-refractivity contribution < 1.29 is 4.42 Å². The van der Waals surface area contributed by atoms with E-state index >= 15 is 0 Å². The summed E-state index contributed by atoms with van der Waals surface area (Å²) in [7, 11) is 0. The van der Waals surface area contributed by atoms with Gasteiger partial charge in [0.25, 0.3) is 0 Å². The maximum Gasteiger partial charge on any atom is 0.111 e. The van der Waals surface area contributed by atoms with E-state index in [0.717, 1.165) is 17.9 Å². The summed E-state index contributed by atoms with van der Waals surface area (Å²) in [4.78, 5) is 0. The number of rotatable bonds is 2. The number of hydrogen-bond donors (Lipinski definition) is 0. The highest BCUT2D eigenvalue weighted by Crippen LogP contribution is 2.45. The van der Waals surface area contributed by atoms with Crippen LogP contribution in [-0.4, -0.2) is 0 Å². The molecule has 1 aromatic heterocycles. The predicted molar refractivity (Wildman–Crippen MR) is 107 cm³/mol. The van der Waals surface area contributed by atoms with E-state index in [2.05, 4.69) is 86.1 Å². The fourth-order valence-electron chi connectivity index (χ4n) is 4.23. The van der Waals surface area contributed by atoms with Crippen molar-refractivity contribution >= 4 is 10.8 Å². The van der Waals surface area contributed by atoms with Crippen molar-refractivity contribution in [2.75, 3.05) is 0 Å². The van der Waals surface area contributed by atoms with Gasteiger partial charge in [-0.25, -0.2) is 0 Å². The molecule has 0 fully saturated rings. The summed E-state index contributed by atoms with van der Waals surface area (Å²) in [6, 6.07) is 26.1. The van der Waals surface area contributed by atoms with Crippen LogP contribution in [0.3, 0.4) is 0 Å². The van der Waals surface area contributed by atoms with Gasteiger partial charge in [0, 0.05) is 11.8 Å². The summed E-state index contributed by atoms with van der Waals surface area (Å²) in [6.45, 7) is 4.28. The zero-order valence-electron chi connectivity index (χ0n) is 15.1. The summed E-state index contributed by atoms with van der Waals surface area (Å²) in [5.74, 6) is 2.02. The van der Waals surface area contributed by atoms with E-state index in [0.29, 0.717) is 0 Å². The van der Waals surface area contributed by atoms with Crippen LogP contribution in [0.15, 0.2) is 77.2 Å². The van der Waals surface area contributed by atoms with Gasteiger partial charge in [-0.3, -0.25) is 0 Å². The highest BCUT2D eigenvalue weighted by atomic mass is 16.3. The van der Waals surface area contributed by atoms with Crippen molar-refractivity contribution in [3.63, 3.8) is 0 Å². The molecule has 0 amide bonds. The van der Waals surface area contributed by atoms with Crippen molar-refractivity contribution in [2.24, 2.45) is 0 Å². The monoisotopic (exact) mass is 337 g/mol. The molecule has 26 heavy (non-hydrogen) atoms. The second kappa shape index (κ2) is 5.60. The predicted octanol–water partition coefficient (Wildman–Crippen LogP) is 6.47. The van der Waals surface area contributed by atoms with Gasteiger partial charge in [-0.05, 0) is 64.6 Å². The van der Waals surface area contributed by atoms with Gasteiger partial charge in [0.2, 0.25) is 0 Å². The lowest BCUT2D eigenvalue weighted by atomic mass is 9.84. The third kappa shape index (κ3) is 2.39. The molecule has 1 aliphatic rings. The van der Waals surface area contributed by atoms with Gasteiger partial charge in [0.1, 0.15) is 11.5 Å². The zero-order valence-corrected chi connectivity index (χ0v) is 15.1. The molecule has 0 N–H and O–H groups in total. The molecule has 0 bridgehead atoms. The van der Waals surface area contributed by atoms with Gasteiger partial charge in [-0.2, -0.15) is 0 Å². The molecule has 1 nitrogen and oxygen atoms in total. The Hall–Kier alpha value is -2.80. The Kier molecular flexibility index (Phi) is 3.33. The molecule has 3 aromatic carbocycles. The normalized spacial score (nSPS) is 19.0. The van der Waals surface area contributed by atoms with E-state index in [-0.39, 0.29) is 5.41 Å². The molecule has 0 aliphatic heterocycles. The van der Waals surface area contributed by atoms with Crippen LogP contribution in [0.2, 0.25) is 0 Å². The van der Waals surface area contributed by atoms with Gasteiger partial charge >= 0.3 is 0 Å². The van der Waals surface area contributed by atoms with Gasteiger partial charge < -0.3 is 4.42 Å². The quantitative estimate of drug-likeness (QED) is 0.408. The Morgan fingerprint density at radius 1 is 0.846 bits per heavy atom. The number of hydrogen-bond acceptors (Lipinski definition) is 1. The smallest absolute Gasteiger partial charge is 0.111 e. The minimum absolute atomic E-state index is 0.0798. The van der Waals surface area contributed by atoms with Crippen LogP contribution in [0.25, 0.3) is 21.9 Å². The minimum atomic E-state index is -0.0798. The molecular formula is C25H21O. The molecule has 5 rings (SSSR count). The lowest BCUT2D eigenvalue weighted by Gasteiger charge is -2.20. The van der Waals surface area contributed by atoms with E-state index in [1.54, 1.807) is 0 Å². The summed E-state index contributed by atoms with van der Waals surface area (Å²) < 4.78 is 5.97. The summed E-state index contributed by atoms with van der Waals surface area (Å²) in [6.07, 6.45) is 3.34. The van der Waals surface area contributed by atoms with Crippen LogP contribution in [-0.2, 0) is 11.8 Å². The van der Waals surface area contributed by atoms with Crippen molar-refractivity contribution in [3.05, 3.63) is 102 Å². The molecular weight excluding hydrogens is 316 g/mol. The molecule has 127 valence electrons. The fraction of sp³-hybridized carbons (Fsp3) is 0.160. The first-order valence-corrected chi connectivity index (χ1v) is 9.16. The Labute approximate surface area is 154 Å². The second-order valence-electron chi connectivity index (χ2n) is 7.58. The first-order valence-electron chi connectivity index (χ1n) is 9.16. The van der Waals surface area contributed by atoms with Crippen molar-refractivity contribution in [1.29, 1.82) is 0 Å². The molecule has 1 heterocycles. The highest BCUT2D eigenvalue weighted by molar-refractivity contribution is 5.88. The van der Waals surface area contributed by atoms with Crippen molar-refractivity contribution in [3.8, 4) is 11.1 Å². The van der Waals surface area contributed by atoms with E-state index in [1.165, 1.54) is 33.0 Å². The average Bonchev–Trinajstić information content (AvgIpc) is 3.24. The third-order valence-electron chi connectivity index (χ3n) is 5.59. The van der Waals surface area contributed by atoms with E-state index in [1.807, 2.05) is 6.92 Å². The lowest BCUT2D eigenvalue weighted by Crippen LogP contribution is -2.19. The average molecular weight is 337 g/mol. The number of aryl methyl sites for hydroxylation is 1. The SMILES string of the molecule is Cc1ccc(C2(C)[CH]c3cccc(-c4ccc5ccccc5c4)c3C2)o1. The van der Waals surface area contributed by atoms with Crippen LogP contribution in [0.5, 0.6) is 0 Å². The van der Waals surface area contributed by atoms with E-state index in [9.17, 15) is 0 Å². The first kappa shape index (κ1) is 15.5. The second-order valence-corrected chi connectivity index (χ2v) is 7.58. The van der Waals surface area contributed by atoms with Gasteiger partial charge in [-0.15, -0.1) is 0 Å². The fourth-order valence-corrected chi connectivity index (χ4v) is 4.23. The first-order chi connectivity index (χ1) is 12.6. The van der Waals surface area contributed by atoms with Crippen LogP contribution >= 0.6 is 0 Å².